The van der Waals surface area contributed by atoms with E-state index in [0.717, 1.165) is 16.8 Å². The number of anilines is 2. The van der Waals surface area contributed by atoms with Gasteiger partial charge in [0.2, 0.25) is 5.88 Å². The summed E-state index contributed by atoms with van der Waals surface area (Å²) in [7, 11) is 0. The standard InChI is InChI=1S/C18H12FN3OS/c19-12-5-7-13(8-6-12)21-18-22-17(23)16(24-18)9-11-10-20-15-4-2-1-3-14(11)15/h1-10,23H,(H,21,22)/b11-9+. The van der Waals surface area contributed by atoms with Crippen LogP contribution in [0.5, 0.6) is 5.88 Å². The molecule has 0 radical (unpaired) electrons. The van der Waals surface area contributed by atoms with Gasteiger partial charge in [-0.25, -0.2) is 4.39 Å². The number of fused-ring (bicyclic) bond motifs is 1. The largest absolute Gasteiger partial charge is 0.492 e. The first-order valence-electron chi connectivity index (χ1n) is 7.26. The third-order valence-corrected chi connectivity index (χ3v) is 4.48. The number of aromatic hydroxyl groups is 1. The Morgan fingerprint density at radius 2 is 1.88 bits per heavy atom. The highest BCUT2D eigenvalue weighted by atomic mass is 32.1. The number of para-hydroxylation sites is 1. The molecule has 6 heteroatoms. The highest BCUT2D eigenvalue weighted by Crippen LogP contribution is 2.37. The number of hydrogen-bond donors (Lipinski definition) is 2. The predicted molar refractivity (Wildman–Crippen MR) is 95.9 cm³/mol. The molecule has 0 atom stereocenters. The predicted octanol–water partition coefficient (Wildman–Crippen LogP) is 4.99. The van der Waals surface area contributed by atoms with Crippen LogP contribution < -0.4 is 5.32 Å². The summed E-state index contributed by atoms with van der Waals surface area (Å²) in [6, 6.07) is 13.8. The quantitative estimate of drug-likeness (QED) is 0.708. The highest BCUT2D eigenvalue weighted by molar-refractivity contribution is 7.16. The van der Waals surface area contributed by atoms with E-state index in [2.05, 4.69) is 15.3 Å². The molecular formula is C18H12FN3OS. The molecule has 0 saturated carbocycles. The van der Waals surface area contributed by atoms with Crippen molar-refractivity contribution in [2.24, 2.45) is 4.99 Å². The second-order valence-corrected chi connectivity index (χ2v) is 6.24. The summed E-state index contributed by atoms with van der Waals surface area (Å²) in [6.45, 7) is 0. The van der Waals surface area contributed by atoms with Gasteiger partial charge >= 0.3 is 0 Å². The molecule has 0 fully saturated rings. The van der Waals surface area contributed by atoms with Crippen LogP contribution in [0.4, 0.5) is 20.9 Å². The summed E-state index contributed by atoms with van der Waals surface area (Å²) in [4.78, 5) is 9.09. The lowest BCUT2D eigenvalue weighted by molar-refractivity contribution is 0.457. The summed E-state index contributed by atoms with van der Waals surface area (Å²) in [5.74, 6) is -0.345. The minimum absolute atomic E-state index is 0.0464. The number of rotatable bonds is 3. The number of aromatic nitrogens is 1. The van der Waals surface area contributed by atoms with Gasteiger partial charge in [0.1, 0.15) is 5.82 Å². The zero-order chi connectivity index (χ0) is 16.5. The first-order chi connectivity index (χ1) is 11.7. The number of benzene rings is 2. The maximum atomic E-state index is 12.9. The Bertz CT molecular complexity index is 961. The zero-order valence-electron chi connectivity index (χ0n) is 12.4. The first kappa shape index (κ1) is 14.6. The Balaban J connectivity index is 1.62. The van der Waals surface area contributed by atoms with Crippen molar-refractivity contribution in [1.82, 2.24) is 4.98 Å². The Kier molecular flexibility index (Phi) is 3.59. The molecule has 118 valence electrons. The van der Waals surface area contributed by atoms with Crippen molar-refractivity contribution in [3.8, 4) is 5.88 Å². The molecule has 1 aliphatic rings. The molecule has 0 amide bonds. The SMILES string of the molecule is Oc1nc(Nc2ccc(F)cc2)sc1/C=C1\C=Nc2ccccc21. The molecule has 2 aromatic carbocycles. The van der Waals surface area contributed by atoms with Crippen LogP contribution >= 0.6 is 11.3 Å². The van der Waals surface area contributed by atoms with E-state index in [-0.39, 0.29) is 11.7 Å². The summed E-state index contributed by atoms with van der Waals surface area (Å²) in [5.41, 5.74) is 3.57. The van der Waals surface area contributed by atoms with Gasteiger partial charge in [-0.3, -0.25) is 4.99 Å². The molecule has 0 spiro atoms. The molecule has 2 heterocycles. The molecule has 24 heavy (non-hydrogen) atoms. The van der Waals surface area contributed by atoms with Gasteiger partial charge in [-0.1, -0.05) is 29.5 Å². The summed E-state index contributed by atoms with van der Waals surface area (Å²) >= 11 is 1.32. The fourth-order valence-electron chi connectivity index (χ4n) is 2.42. The van der Waals surface area contributed by atoms with Crippen molar-refractivity contribution in [3.63, 3.8) is 0 Å². The first-order valence-corrected chi connectivity index (χ1v) is 8.08. The number of halogens is 1. The summed E-state index contributed by atoms with van der Waals surface area (Å²) < 4.78 is 12.9. The molecule has 0 unspecified atom stereocenters. The number of hydrogen-bond acceptors (Lipinski definition) is 5. The maximum absolute atomic E-state index is 12.9. The van der Waals surface area contributed by atoms with Crippen molar-refractivity contribution in [1.29, 1.82) is 0 Å². The molecule has 0 saturated heterocycles. The second kappa shape index (κ2) is 5.90. The van der Waals surface area contributed by atoms with Crippen LogP contribution in [0.1, 0.15) is 10.4 Å². The van der Waals surface area contributed by atoms with E-state index >= 15 is 0 Å². The van der Waals surface area contributed by atoms with E-state index < -0.39 is 0 Å². The van der Waals surface area contributed by atoms with E-state index in [1.807, 2.05) is 30.3 Å². The van der Waals surface area contributed by atoms with Gasteiger partial charge in [0.25, 0.3) is 0 Å². The Hall–Kier alpha value is -2.99. The van der Waals surface area contributed by atoms with Crippen LogP contribution in [0.25, 0.3) is 11.6 Å². The van der Waals surface area contributed by atoms with Crippen LogP contribution in [-0.2, 0) is 0 Å². The van der Waals surface area contributed by atoms with E-state index in [9.17, 15) is 9.50 Å². The number of nitrogens with zero attached hydrogens (tertiary/aromatic N) is 2. The van der Waals surface area contributed by atoms with Crippen molar-refractivity contribution >= 4 is 45.7 Å². The third kappa shape index (κ3) is 2.79. The van der Waals surface area contributed by atoms with Gasteiger partial charge in [-0.15, -0.1) is 0 Å². The Morgan fingerprint density at radius 1 is 1.08 bits per heavy atom. The molecule has 0 aliphatic carbocycles. The minimum Gasteiger partial charge on any atom is -0.492 e. The van der Waals surface area contributed by atoms with Crippen molar-refractivity contribution < 1.29 is 9.50 Å². The van der Waals surface area contributed by atoms with E-state index in [0.29, 0.717) is 15.7 Å². The molecule has 1 aliphatic heterocycles. The fraction of sp³-hybridized carbons (Fsp3) is 0. The number of allylic oxidation sites excluding steroid dienone is 1. The lowest BCUT2D eigenvalue weighted by Gasteiger charge is -2.00. The van der Waals surface area contributed by atoms with Gasteiger partial charge in [-0.05, 0) is 36.4 Å². The van der Waals surface area contributed by atoms with Gasteiger partial charge in [0, 0.05) is 23.0 Å². The molecule has 3 aromatic rings. The van der Waals surface area contributed by atoms with Crippen molar-refractivity contribution in [3.05, 3.63) is 64.8 Å². The van der Waals surface area contributed by atoms with Crippen LogP contribution in [0.15, 0.2) is 53.5 Å². The Morgan fingerprint density at radius 3 is 2.71 bits per heavy atom. The molecule has 4 nitrogen and oxygen atoms in total. The molecular weight excluding hydrogens is 325 g/mol. The number of aliphatic imine (C=N–C) groups is 1. The topological polar surface area (TPSA) is 57.5 Å². The average molecular weight is 337 g/mol. The van der Waals surface area contributed by atoms with Gasteiger partial charge in [0.05, 0.1) is 10.6 Å². The number of nitrogens with one attached hydrogen (secondary N) is 1. The maximum Gasteiger partial charge on any atom is 0.231 e. The fourth-order valence-corrected chi connectivity index (χ4v) is 3.26. The monoisotopic (exact) mass is 337 g/mol. The molecule has 1 aromatic heterocycles. The van der Waals surface area contributed by atoms with Crippen LogP contribution in [0, 0.1) is 5.82 Å². The molecule has 2 N–H and O–H groups in total. The minimum atomic E-state index is -0.299. The third-order valence-electron chi connectivity index (χ3n) is 3.57. The number of thiazole rings is 1. The van der Waals surface area contributed by atoms with Gasteiger partial charge < -0.3 is 10.4 Å². The average Bonchev–Trinajstić information content (AvgIpc) is 3.14. The van der Waals surface area contributed by atoms with E-state index in [1.165, 1.54) is 23.5 Å². The van der Waals surface area contributed by atoms with Crippen molar-refractivity contribution in [2.45, 2.75) is 0 Å². The van der Waals surface area contributed by atoms with Gasteiger partial charge in [0.15, 0.2) is 5.13 Å². The molecule has 0 bridgehead atoms. The highest BCUT2D eigenvalue weighted by Gasteiger charge is 2.14. The summed E-state index contributed by atoms with van der Waals surface area (Å²) in [5, 5.41) is 13.7. The van der Waals surface area contributed by atoms with Crippen LogP contribution in [-0.4, -0.2) is 16.3 Å². The van der Waals surface area contributed by atoms with E-state index in [4.69, 9.17) is 0 Å². The van der Waals surface area contributed by atoms with Crippen molar-refractivity contribution in [2.75, 3.05) is 5.32 Å². The van der Waals surface area contributed by atoms with E-state index in [1.54, 1.807) is 18.3 Å². The molecule has 4 rings (SSSR count). The van der Waals surface area contributed by atoms with Crippen LogP contribution in [0.3, 0.4) is 0 Å². The van der Waals surface area contributed by atoms with Gasteiger partial charge in [-0.2, -0.15) is 4.98 Å². The smallest absolute Gasteiger partial charge is 0.231 e. The normalized spacial score (nSPS) is 14.1. The summed E-state index contributed by atoms with van der Waals surface area (Å²) in [6.07, 6.45) is 3.63. The van der Waals surface area contributed by atoms with Crippen LogP contribution in [0.2, 0.25) is 0 Å². The lowest BCUT2D eigenvalue weighted by atomic mass is 10.1. The Labute approximate surface area is 141 Å². The lowest BCUT2D eigenvalue weighted by Crippen LogP contribution is -1.88. The second-order valence-electron chi connectivity index (χ2n) is 5.21. The zero-order valence-corrected chi connectivity index (χ0v) is 13.2.